The van der Waals surface area contributed by atoms with Crippen LogP contribution in [0.15, 0.2) is 23.1 Å². The van der Waals surface area contributed by atoms with Gasteiger partial charge in [-0.15, -0.1) is 0 Å². The van der Waals surface area contributed by atoms with Gasteiger partial charge in [0.25, 0.3) is 0 Å². The molecule has 2 N–H and O–H groups in total. The summed E-state index contributed by atoms with van der Waals surface area (Å²) in [7, 11) is -3.92. The van der Waals surface area contributed by atoms with Gasteiger partial charge in [-0.25, -0.2) is 0 Å². The van der Waals surface area contributed by atoms with Crippen molar-refractivity contribution in [2.75, 3.05) is 30.4 Å². The molecule has 0 aliphatic carbocycles. The third-order valence-corrected chi connectivity index (χ3v) is 15.2. The average molecular weight is 446 g/mol. The van der Waals surface area contributed by atoms with Crippen LogP contribution in [0.5, 0.6) is 0 Å². The van der Waals surface area contributed by atoms with E-state index in [4.69, 9.17) is 9.70 Å². The minimum atomic E-state index is -3.92. The van der Waals surface area contributed by atoms with Gasteiger partial charge < -0.3 is 0 Å². The van der Waals surface area contributed by atoms with Crippen LogP contribution in [-0.4, -0.2) is 33.1 Å². The van der Waals surface area contributed by atoms with Crippen LogP contribution < -0.4 is 5.73 Å². The van der Waals surface area contributed by atoms with Gasteiger partial charge in [0.2, 0.25) is 0 Å². The van der Waals surface area contributed by atoms with Crippen molar-refractivity contribution in [2.45, 2.75) is 90.9 Å². The zero-order valence-corrected chi connectivity index (χ0v) is 21.1. The third-order valence-electron chi connectivity index (χ3n) is 6.06. The van der Waals surface area contributed by atoms with Crippen molar-refractivity contribution in [3.05, 3.63) is 23.8 Å². The minimum absolute atomic E-state index is 0.146. The van der Waals surface area contributed by atoms with E-state index in [1.54, 1.807) is 12.1 Å². The SMILES string of the molecule is CCCCP(CCCC)(CCCC)(CCCC)OS(=O)(=O)c1cc(C)ccc1N. The second kappa shape index (κ2) is 11.7. The maximum atomic E-state index is 13.6. The van der Waals surface area contributed by atoms with E-state index in [-0.39, 0.29) is 10.6 Å². The molecule has 0 saturated carbocycles. The van der Waals surface area contributed by atoms with E-state index in [1.807, 2.05) is 13.0 Å². The molecule has 29 heavy (non-hydrogen) atoms. The van der Waals surface area contributed by atoms with Crippen LogP contribution >= 0.6 is 6.83 Å². The molecule has 0 atom stereocenters. The van der Waals surface area contributed by atoms with E-state index < -0.39 is 16.9 Å². The van der Waals surface area contributed by atoms with Crippen molar-refractivity contribution < 1.29 is 12.4 Å². The normalized spacial score (nSPS) is 13.9. The van der Waals surface area contributed by atoms with E-state index in [0.29, 0.717) is 0 Å². The van der Waals surface area contributed by atoms with Gasteiger partial charge in [-0.1, -0.05) is 0 Å². The summed E-state index contributed by atoms with van der Waals surface area (Å²) < 4.78 is 33.8. The van der Waals surface area contributed by atoms with E-state index in [1.165, 1.54) is 0 Å². The van der Waals surface area contributed by atoms with Gasteiger partial charge in [0.05, 0.1) is 0 Å². The maximum absolute atomic E-state index is 13.6. The van der Waals surface area contributed by atoms with Crippen molar-refractivity contribution in [1.82, 2.24) is 0 Å². The molecular weight excluding hydrogens is 401 g/mol. The number of aryl methyl sites for hydroxylation is 1. The summed E-state index contributed by atoms with van der Waals surface area (Å²) in [5.41, 5.74) is 7.26. The predicted octanol–water partition coefficient (Wildman–Crippen LogP) is 6.95. The number of hydrogen-bond donors (Lipinski definition) is 1. The molecule has 6 heteroatoms. The Bertz CT molecular complexity index is 690. The molecule has 0 heterocycles. The standard InChI is InChI=1S/C23H44NO3PS/c1-6-10-16-28(17-11-7-2,18-12-8-3,19-13-9-4)27-29(25,26)23-20-21(5)14-15-22(23)24/h14-15,20H,6-13,16-19,24H2,1-5H3. The van der Waals surface area contributed by atoms with E-state index >= 15 is 0 Å². The van der Waals surface area contributed by atoms with Crippen LogP contribution in [0.2, 0.25) is 0 Å². The Morgan fingerprint density at radius 2 is 1.24 bits per heavy atom. The number of hydrogen-bond acceptors (Lipinski definition) is 4. The van der Waals surface area contributed by atoms with Crippen molar-refractivity contribution in [3.8, 4) is 0 Å². The van der Waals surface area contributed by atoms with Gasteiger partial charge in [-0.2, -0.15) is 0 Å². The predicted molar refractivity (Wildman–Crippen MR) is 130 cm³/mol. The Kier molecular flexibility index (Phi) is 10.6. The van der Waals surface area contributed by atoms with Crippen molar-refractivity contribution >= 4 is 22.6 Å². The number of unbranched alkanes of at least 4 members (excludes halogenated alkanes) is 4. The molecule has 1 aromatic carbocycles. The first-order valence-corrected chi connectivity index (χ1v) is 15.8. The van der Waals surface area contributed by atoms with Gasteiger partial charge in [0, 0.05) is 0 Å². The van der Waals surface area contributed by atoms with E-state index in [2.05, 4.69) is 27.7 Å². The van der Waals surface area contributed by atoms with Crippen molar-refractivity contribution in [3.63, 3.8) is 0 Å². The Balaban J connectivity index is 3.57. The Morgan fingerprint density at radius 3 is 1.62 bits per heavy atom. The van der Waals surface area contributed by atoms with Crippen LogP contribution in [0.25, 0.3) is 0 Å². The van der Waals surface area contributed by atoms with Crippen LogP contribution in [0.3, 0.4) is 0 Å². The molecular formula is C23H44NO3PS. The zero-order valence-electron chi connectivity index (χ0n) is 19.4. The second-order valence-electron chi connectivity index (χ2n) is 8.74. The zero-order chi connectivity index (χ0) is 22.0. The molecule has 1 rings (SSSR count). The third kappa shape index (κ3) is 7.22. The molecule has 4 nitrogen and oxygen atoms in total. The summed E-state index contributed by atoms with van der Waals surface area (Å²) in [6.45, 7) is 7.67. The van der Waals surface area contributed by atoms with Crippen LogP contribution in [-0.2, 0) is 14.1 Å². The Labute approximate surface area is 180 Å². The molecule has 0 fully saturated rings. The first-order valence-electron chi connectivity index (χ1n) is 11.5. The van der Waals surface area contributed by atoms with Gasteiger partial charge in [-0.3, -0.25) is 0 Å². The fourth-order valence-corrected chi connectivity index (χ4v) is 14.5. The molecule has 0 amide bonds. The van der Waals surface area contributed by atoms with Crippen LogP contribution in [0.1, 0.15) is 84.6 Å². The first-order chi connectivity index (χ1) is 13.7. The van der Waals surface area contributed by atoms with Gasteiger partial charge in [-0.05, 0) is 0 Å². The molecule has 1 aromatic rings. The summed E-state index contributed by atoms with van der Waals surface area (Å²) in [6.07, 6.45) is 11.9. The summed E-state index contributed by atoms with van der Waals surface area (Å²) >= 11 is 0. The number of anilines is 1. The molecule has 0 spiro atoms. The number of nitrogen functional groups attached to an aromatic ring is 1. The Morgan fingerprint density at radius 1 is 0.828 bits per heavy atom. The number of rotatable bonds is 15. The second-order valence-corrected chi connectivity index (χ2v) is 16.2. The summed E-state index contributed by atoms with van der Waals surface area (Å²) in [6, 6.07) is 5.18. The van der Waals surface area contributed by atoms with Gasteiger partial charge in [0.15, 0.2) is 0 Å². The fourth-order valence-electron chi connectivity index (χ4n) is 4.23. The molecule has 0 bridgehead atoms. The molecule has 0 aliphatic rings. The van der Waals surface area contributed by atoms with E-state index in [9.17, 15) is 8.42 Å². The van der Waals surface area contributed by atoms with Gasteiger partial charge >= 0.3 is 180 Å². The molecule has 0 aromatic heterocycles. The number of benzene rings is 1. The molecule has 0 aliphatic heterocycles. The summed E-state index contributed by atoms with van der Waals surface area (Å²) in [5, 5.41) is 0. The quantitative estimate of drug-likeness (QED) is 0.234. The molecule has 0 unspecified atom stereocenters. The van der Waals surface area contributed by atoms with Crippen LogP contribution in [0, 0.1) is 6.92 Å². The molecule has 170 valence electrons. The van der Waals surface area contributed by atoms with E-state index in [0.717, 1.165) is 81.6 Å². The first kappa shape index (κ1) is 26.4. The van der Waals surface area contributed by atoms with Crippen molar-refractivity contribution in [1.29, 1.82) is 0 Å². The monoisotopic (exact) mass is 445 g/mol. The topological polar surface area (TPSA) is 69.4 Å². The Hall–Kier alpha value is -0.640. The number of nitrogens with two attached hydrogens (primary N) is 1. The fraction of sp³-hybridized carbons (Fsp3) is 0.739. The summed E-state index contributed by atoms with van der Waals surface area (Å²) in [5.74, 6) is 0. The molecule has 0 radical (unpaired) electrons. The van der Waals surface area contributed by atoms with Gasteiger partial charge in [0.1, 0.15) is 0 Å². The van der Waals surface area contributed by atoms with Crippen molar-refractivity contribution in [2.24, 2.45) is 0 Å². The average Bonchev–Trinajstić information content (AvgIpc) is 2.69. The summed E-state index contributed by atoms with van der Waals surface area (Å²) in [4.78, 5) is 0.146. The molecule has 0 saturated heterocycles. The van der Waals surface area contributed by atoms with Crippen LogP contribution in [0.4, 0.5) is 5.69 Å².